The molecule has 2 aromatic rings. The molecular weight excluding hydrogens is 320 g/mol. The van der Waals surface area contributed by atoms with Gasteiger partial charge in [0.05, 0.1) is 0 Å². The quantitative estimate of drug-likeness (QED) is 0.585. The van der Waals surface area contributed by atoms with Crippen LogP contribution in [0.4, 0.5) is 10.5 Å². The van der Waals surface area contributed by atoms with Crippen LogP contribution in [-0.4, -0.2) is 22.8 Å². The zero-order valence-corrected chi connectivity index (χ0v) is 13.4. The van der Waals surface area contributed by atoms with Gasteiger partial charge in [0.25, 0.3) is 5.91 Å². The highest BCUT2D eigenvalue weighted by molar-refractivity contribution is 6.07. The molecule has 3 N–H and O–H groups in total. The zero-order chi connectivity index (χ0) is 17.9. The van der Waals surface area contributed by atoms with E-state index in [0.717, 1.165) is 5.56 Å². The molecule has 7 heteroatoms. The Morgan fingerprint density at radius 2 is 2.08 bits per heavy atom. The zero-order valence-electron chi connectivity index (χ0n) is 13.4. The van der Waals surface area contributed by atoms with Crippen LogP contribution in [0.2, 0.25) is 0 Å². The monoisotopic (exact) mass is 336 g/mol. The van der Waals surface area contributed by atoms with Crippen LogP contribution in [0.25, 0.3) is 6.08 Å². The van der Waals surface area contributed by atoms with E-state index in [1.54, 1.807) is 55.7 Å². The number of anilines is 1. The lowest BCUT2D eigenvalue weighted by Crippen LogP contribution is -2.40. The Morgan fingerprint density at radius 1 is 1.24 bits per heavy atom. The van der Waals surface area contributed by atoms with Crippen molar-refractivity contribution in [2.45, 2.75) is 12.5 Å². The maximum atomic E-state index is 12.0. The van der Waals surface area contributed by atoms with Crippen molar-refractivity contribution < 1.29 is 14.4 Å². The number of hydrogen-bond donors (Lipinski definition) is 3. The van der Waals surface area contributed by atoms with E-state index < -0.39 is 17.5 Å². The maximum Gasteiger partial charge on any atom is 0.322 e. The highest BCUT2D eigenvalue weighted by atomic mass is 16.2. The Hall–Kier alpha value is -3.48. The molecular formula is C18H16N4O3. The van der Waals surface area contributed by atoms with Crippen molar-refractivity contribution in [1.29, 1.82) is 0 Å². The molecule has 4 amide bonds. The molecule has 1 aromatic heterocycles. The van der Waals surface area contributed by atoms with E-state index in [2.05, 4.69) is 20.9 Å². The van der Waals surface area contributed by atoms with Crippen LogP contribution in [0.3, 0.4) is 0 Å². The van der Waals surface area contributed by atoms with Gasteiger partial charge in [-0.15, -0.1) is 0 Å². The van der Waals surface area contributed by atoms with Crippen molar-refractivity contribution in [2.24, 2.45) is 0 Å². The third-order valence-electron chi connectivity index (χ3n) is 3.86. The first-order valence-electron chi connectivity index (χ1n) is 7.60. The minimum Gasteiger partial charge on any atom is -0.323 e. The summed E-state index contributed by atoms with van der Waals surface area (Å²) >= 11 is 0. The van der Waals surface area contributed by atoms with Crippen LogP contribution in [0.1, 0.15) is 18.1 Å². The summed E-state index contributed by atoms with van der Waals surface area (Å²) in [5.41, 5.74) is 0.742. The van der Waals surface area contributed by atoms with E-state index in [-0.39, 0.29) is 5.91 Å². The number of benzene rings is 1. The number of hydrogen-bond acceptors (Lipinski definition) is 4. The Labute approximate surface area is 144 Å². The first kappa shape index (κ1) is 16.4. The van der Waals surface area contributed by atoms with Crippen molar-refractivity contribution in [2.75, 3.05) is 5.32 Å². The molecule has 0 aliphatic carbocycles. The lowest BCUT2D eigenvalue weighted by Gasteiger charge is -2.21. The van der Waals surface area contributed by atoms with E-state index >= 15 is 0 Å². The summed E-state index contributed by atoms with van der Waals surface area (Å²) in [6, 6.07) is 9.85. The van der Waals surface area contributed by atoms with Gasteiger partial charge in [-0.3, -0.25) is 19.9 Å². The number of aromatic nitrogens is 1. The minimum atomic E-state index is -1.16. The Morgan fingerprint density at radius 3 is 2.76 bits per heavy atom. The van der Waals surface area contributed by atoms with Gasteiger partial charge >= 0.3 is 6.03 Å². The molecule has 3 rings (SSSR count). The Balaban J connectivity index is 1.74. The number of nitrogens with zero attached hydrogens (tertiary/aromatic N) is 1. The number of pyridine rings is 1. The van der Waals surface area contributed by atoms with Crippen LogP contribution in [-0.2, 0) is 15.1 Å². The third-order valence-corrected chi connectivity index (χ3v) is 3.86. The second-order valence-electron chi connectivity index (χ2n) is 5.72. The van der Waals surface area contributed by atoms with Gasteiger partial charge in [0, 0.05) is 24.2 Å². The number of amides is 4. The molecule has 1 unspecified atom stereocenters. The minimum absolute atomic E-state index is 0.314. The second-order valence-corrected chi connectivity index (χ2v) is 5.72. The number of urea groups is 1. The molecule has 2 heterocycles. The molecule has 0 saturated carbocycles. The summed E-state index contributed by atoms with van der Waals surface area (Å²) < 4.78 is 0. The fourth-order valence-electron chi connectivity index (χ4n) is 2.48. The van der Waals surface area contributed by atoms with E-state index in [4.69, 9.17) is 0 Å². The predicted octanol–water partition coefficient (Wildman–Crippen LogP) is 1.79. The summed E-state index contributed by atoms with van der Waals surface area (Å²) in [6.07, 6.45) is 6.35. The average Bonchev–Trinajstić information content (AvgIpc) is 2.87. The molecule has 25 heavy (non-hydrogen) atoms. The molecule has 1 saturated heterocycles. The van der Waals surface area contributed by atoms with Crippen molar-refractivity contribution in [3.8, 4) is 0 Å². The maximum absolute atomic E-state index is 12.0. The summed E-state index contributed by atoms with van der Waals surface area (Å²) in [4.78, 5) is 39.4. The number of carbonyl (C=O) groups excluding carboxylic acids is 3. The number of imide groups is 1. The molecule has 1 aliphatic heterocycles. The number of nitrogens with one attached hydrogen (secondary N) is 3. The Bertz CT molecular complexity index is 864. The molecule has 1 aromatic carbocycles. The lowest BCUT2D eigenvalue weighted by molar-refractivity contribution is -0.123. The topological polar surface area (TPSA) is 100 Å². The van der Waals surface area contributed by atoms with Gasteiger partial charge in [-0.1, -0.05) is 18.2 Å². The van der Waals surface area contributed by atoms with Gasteiger partial charge in [0.2, 0.25) is 5.91 Å². The van der Waals surface area contributed by atoms with Crippen LogP contribution >= 0.6 is 0 Å². The van der Waals surface area contributed by atoms with Crippen LogP contribution < -0.4 is 16.0 Å². The Kier molecular flexibility index (Phi) is 4.30. The fourth-order valence-corrected chi connectivity index (χ4v) is 2.48. The van der Waals surface area contributed by atoms with Crippen molar-refractivity contribution >= 4 is 29.6 Å². The molecule has 0 radical (unpaired) electrons. The van der Waals surface area contributed by atoms with Crippen molar-refractivity contribution in [3.63, 3.8) is 0 Å². The number of rotatable bonds is 4. The normalized spacial score (nSPS) is 19.6. The van der Waals surface area contributed by atoms with Gasteiger partial charge in [-0.2, -0.15) is 0 Å². The number of carbonyl (C=O) groups is 3. The van der Waals surface area contributed by atoms with E-state index in [9.17, 15) is 14.4 Å². The standard InChI is InChI=1S/C18H16N4O3/c1-18(16(24)21-17(25)22-18)13-5-2-6-14(10-13)20-15(23)8-7-12-4-3-9-19-11-12/h2-11H,1H3,(H,20,23)(H2,21,22,24,25)/b8-7+. The van der Waals surface area contributed by atoms with Gasteiger partial charge in [0.15, 0.2) is 0 Å². The molecule has 0 bridgehead atoms. The van der Waals surface area contributed by atoms with Crippen LogP contribution in [0.5, 0.6) is 0 Å². The SMILES string of the molecule is CC1(c2cccc(NC(=O)/C=C/c3cccnc3)c2)NC(=O)NC1=O. The van der Waals surface area contributed by atoms with Crippen LogP contribution in [0, 0.1) is 0 Å². The van der Waals surface area contributed by atoms with Gasteiger partial charge in [-0.25, -0.2) is 4.79 Å². The fraction of sp³-hybridized carbons (Fsp3) is 0.111. The summed E-state index contributed by atoms with van der Waals surface area (Å²) in [5.74, 6) is -0.747. The molecule has 7 nitrogen and oxygen atoms in total. The first-order chi connectivity index (χ1) is 12.0. The van der Waals surface area contributed by atoms with Gasteiger partial charge in [0.1, 0.15) is 5.54 Å². The molecule has 0 spiro atoms. The summed E-state index contributed by atoms with van der Waals surface area (Å²) in [7, 11) is 0. The van der Waals surface area contributed by atoms with Crippen molar-refractivity contribution in [1.82, 2.24) is 15.6 Å². The smallest absolute Gasteiger partial charge is 0.322 e. The molecule has 1 aliphatic rings. The van der Waals surface area contributed by atoms with Crippen LogP contribution in [0.15, 0.2) is 54.9 Å². The van der Waals surface area contributed by atoms with Crippen molar-refractivity contribution in [3.05, 3.63) is 66.0 Å². The second kappa shape index (κ2) is 6.56. The van der Waals surface area contributed by atoms with Gasteiger partial charge in [-0.05, 0) is 42.3 Å². The summed E-state index contributed by atoms with van der Waals surface area (Å²) in [5, 5.41) is 7.53. The third kappa shape index (κ3) is 3.55. The molecule has 1 fully saturated rings. The molecule has 126 valence electrons. The average molecular weight is 336 g/mol. The first-order valence-corrected chi connectivity index (χ1v) is 7.60. The van der Waals surface area contributed by atoms with E-state index in [1.165, 1.54) is 6.08 Å². The largest absolute Gasteiger partial charge is 0.323 e. The highest BCUT2D eigenvalue weighted by Gasteiger charge is 2.43. The molecule has 1 atom stereocenters. The summed E-state index contributed by atoms with van der Waals surface area (Å²) in [6.45, 7) is 1.61. The van der Waals surface area contributed by atoms with Gasteiger partial charge < -0.3 is 10.6 Å². The predicted molar refractivity (Wildman–Crippen MR) is 92.4 cm³/mol. The lowest BCUT2D eigenvalue weighted by atomic mass is 9.92. The van der Waals surface area contributed by atoms with E-state index in [1.807, 2.05) is 6.07 Å². The highest BCUT2D eigenvalue weighted by Crippen LogP contribution is 2.26. The van der Waals surface area contributed by atoms with E-state index in [0.29, 0.717) is 11.3 Å².